The number of aromatic nitrogens is 3. The van der Waals surface area contributed by atoms with Gasteiger partial charge in [0, 0.05) is 11.3 Å². The minimum absolute atomic E-state index is 0.00186. The van der Waals surface area contributed by atoms with E-state index in [9.17, 15) is 4.79 Å². The molecule has 3 aromatic carbocycles. The molecule has 0 radical (unpaired) electrons. The second-order valence-electron chi connectivity index (χ2n) is 7.32. The molecule has 166 valence electrons. The van der Waals surface area contributed by atoms with E-state index in [4.69, 9.17) is 14.2 Å². The van der Waals surface area contributed by atoms with Gasteiger partial charge in [0.2, 0.25) is 0 Å². The van der Waals surface area contributed by atoms with E-state index in [2.05, 4.69) is 10.2 Å². The molecule has 4 aromatic rings. The summed E-state index contributed by atoms with van der Waals surface area (Å²) in [5.41, 5.74) is 1.51. The fourth-order valence-corrected chi connectivity index (χ4v) is 4.39. The fraction of sp³-hybridized carbons (Fsp3) is 0.160. The maximum Gasteiger partial charge on any atom is 0.196 e. The fourth-order valence-electron chi connectivity index (χ4n) is 3.54. The first-order chi connectivity index (χ1) is 16.2. The quantitative estimate of drug-likeness (QED) is 0.291. The Bertz CT molecular complexity index is 1260. The maximum atomic E-state index is 12.7. The first-order valence-electron chi connectivity index (χ1n) is 10.4. The number of methoxy groups -OCH3 is 1. The van der Waals surface area contributed by atoms with E-state index in [1.165, 1.54) is 11.8 Å². The summed E-state index contributed by atoms with van der Waals surface area (Å²) in [5.74, 6) is 2.93. The first-order valence-corrected chi connectivity index (χ1v) is 11.4. The smallest absolute Gasteiger partial charge is 0.196 e. The number of benzene rings is 3. The minimum atomic E-state index is -0.431. The molecule has 0 bridgehead atoms. The van der Waals surface area contributed by atoms with Crippen LogP contribution in [0.25, 0.3) is 5.69 Å². The summed E-state index contributed by atoms with van der Waals surface area (Å²) < 4.78 is 19.2. The van der Waals surface area contributed by atoms with E-state index in [1.807, 2.05) is 59.2 Å². The molecule has 0 saturated carbocycles. The lowest BCUT2D eigenvalue weighted by molar-refractivity contribution is 0.0835. The highest BCUT2D eigenvalue weighted by atomic mass is 32.2. The van der Waals surface area contributed by atoms with Crippen molar-refractivity contribution in [2.75, 3.05) is 19.5 Å². The summed E-state index contributed by atoms with van der Waals surface area (Å²) in [6.07, 6.45) is -0.431. The van der Waals surface area contributed by atoms with Gasteiger partial charge in [0.1, 0.15) is 12.4 Å². The van der Waals surface area contributed by atoms with E-state index in [0.29, 0.717) is 40.4 Å². The van der Waals surface area contributed by atoms with Crippen LogP contribution in [0.4, 0.5) is 0 Å². The van der Waals surface area contributed by atoms with Crippen molar-refractivity contribution in [1.82, 2.24) is 14.8 Å². The largest absolute Gasteiger partial charge is 0.497 e. The summed E-state index contributed by atoms with van der Waals surface area (Å²) in [7, 11) is 1.60. The molecule has 0 aliphatic carbocycles. The number of ketones is 1. The van der Waals surface area contributed by atoms with Crippen molar-refractivity contribution < 1.29 is 19.0 Å². The van der Waals surface area contributed by atoms with Crippen LogP contribution in [0, 0.1) is 0 Å². The average Bonchev–Trinajstić information content (AvgIpc) is 3.31. The minimum Gasteiger partial charge on any atom is -0.497 e. The lowest BCUT2D eigenvalue weighted by Gasteiger charge is -2.26. The van der Waals surface area contributed by atoms with Crippen molar-refractivity contribution in [2.24, 2.45) is 0 Å². The predicted octanol–water partition coefficient (Wildman–Crippen LogP) is 4.76. The summed E-state index contributed by atoms with van der Waals surface area (Å²) in [4.78, 5) is 12.7. The number of hydrogen-bond donors (Lipinski definition) is 0. The molecule has 0 fully saturated rings. The Kier molecular flexibility index (Phi) is 5.99. The third kappa shape index (κ3) is 4.42. The van der Waals surface area contributed by atoms with E-state index in [1.54, 1.807) is 31.4 Å². The topological polar surface area (TPSA) is 75.5 Å². The van der Waals surface area contributed by atoms with Crippen molar-refractivity contribution >= 4 is 17.5 Å². The van der Waals surface area contributed by atoms with E-state index in [-0.39, 0.29) is 11.5 Å². The van der Waals surface area contributed by atoms with Crippen LogP contribution in [0.15, 0.2) is 84.0 Å². The first kappa shape index (κ1) is 21.1. The molecule has 1 aliphatic heterocycles. The van der Waals surface area contributed by atoms with Gasteiger partial charge in [0.05, 0.1) is 12.9 Å². The molecule has 33 heavy (non-hydrogen) atoms. The zero-order valence-electron chi connectivity index (χ0n) is 17.9. The Morgan fingerprint density at radius 2 is 1.73 bits per heavy atom. The number of para-hydroxylation sites is 3. The molecule has 0 saturated heterocycles. The highest BCUT2D eigenvalue weighted by molar-refractivity contribution is 7.99. The van der Waals surface area contributed by atoms with Gasteiger partial charge in [-0.25, -0.2) is 0 Å². The number of Topliss-reactive ketones (excluding diaryl/α,β-unsaturated/α-hetero) is 1. The molecule has 1 aromatic heterocycles. The van der Waals surface area contributed by atoms with Crippen LogP contribution in [0.5, 0.6) is 17.2 Å². The van der Waals surface area contributed by atoms with Crippen molar-refractivity contribution in [2.45, 2.75) is 11.3 Å². The highest BCUT2D eigenvalue weighted by Crippen LogP contribution is 2.37. The van der Waals surface area contributed by atoms with Crippen molar-refractivity contribution in [3.8, 4) is 22.9 Å². The number of thioether (sulfide) groups is 1. The standard InChI is InChI=1S/C25H21N3O4S/c1-30-19-13-11-17(12-14-19)20(29)16-33-25-27-26-24(28(25)18-7-3-2-4-8-18)23-15-31-21-9-5-6-10-22(21)32-23/h2-14,23H,15-16H2,1H3. The average molecular weight is 460 g/mol. The van der Waals surface area contributed by atoms with Gasteiger partial charge in [-0.3, -0.25) is 9.36 Å². The number of fused-ring (bicyclic) bond motifs is 1. The molecule has 8 heteroatoms. The molecule has 5 rings (SSSR count). The van der Waals surface area contributed by atoms with Crippen LogP contribution >= 0.6 is 11.8 Å². The van der Waals surface area contributed by atoms with Crippen LogP contribution in [0.1, 0.15) is 22.3 Å². The zero-order chi connectivity index (χ0) is 22.6. The van der Waals surface area contributed by atoms with Crippen LogP contribution < -0.4 is 14.2 Å². The van der Waals surface area contributed by atoms with Gasteiger partial charge in [-0.1, -0.05) is 42.1 Å². The van der Waals surface area contributed by atoms with Gasteiger partial charge in [-0.2, -0.15) is 0 Å². The number of hydrogen-bond acceptors (Lipinski definition) is 7. The molecule has 2 heterocycles. The SMILES string of the molecule is COc1ccc(C(=O)CSc2nnc(C3COc4ccccc4O3)n2-c2ccccc2)cc1. The predicted molar refractivity (Wildman–Crippen MR) is 125 cm³/mol. The maximum absolute atomic E-state index is 12.7. The summed E-state index contributed by atoms with van der Waals surface area (Å²) in [6, 6.07) is 24.4. The second kappa shape index (κ2) is 9.38. The number of rotatable bonds is 7. The van der Waals surface area contributed by atoms with Crippen LogP contribution in [-0.2, 0) is 0 Å². The zero-order valence-corrected chi connectivity index (χ0v) is 18.7. The lowest BCUT2D eigenvalue weighted by atomic mass is 10.1. The Hall–Kier alpha value is -3.78. The molecule has 0 N–H and O–H groups in total. The third-order valence-electron chi connectivity index (χ3n) is 5.21. The Morgan fingerprint density at radius 3 is 2.48 bits per heavy atom. The Morgan fingerprint density at radius 1 is 1.00 bits per heavy atom. The molecule has 7 nitrogen and oxygen atoms in total. The number of carbonyl (C=O) groups is 1. The molecule has 1 aliphatic rings. The molecular formula is C25H21N3O4S. The van der Waals surface area contributed by atoms with Crippen LogP contribution in [-0.4, -0.2) is 40.0 Å². The van der Waals surface area contributed by atoms with Crippen LogP contribution in [0.3, 0.4) is 0 Å². The third-order valence-corrected chi connectivity index (χ3v) is 6.14. The Balaban J connectivity index is 1.41. The normalized spacial score (nSPS) is 14.6. The van der Waals surface area contributed by atoms with Crippen LogP contribution in [0.2, 0.25) is 0 Å². The summed E-state index contributed by atoms with van der Waals surface area (Å²) in [6.45, 7) is 0.317. The molecule has 0 spiro atoms. The highest BCUT2D eigenvalue weighted by Gasteiger charge is 2.29. The number of ether oxygens (including phenoxy) is 3. The molecule has 0 amide bonds. The van der Waals surface area contributed by atoms with Gasteiger partial charge in [-0.05, 0) is 48.5 Å². The van der Waals surface area contributed by atoms with Gasteiger partial charge < -0.3 is 14.2 Å². The second-order valence-corrected chi connectivity index (χ2v) is 8.26. The number of carbonyl (C=O) groups excluding carboxylic acids is 1. The Labute approximate surface area is 195 Å². The van der Waals surface area contributed by atoms with Gasteiger partial charge in [-0.15, -0.1) is 10.2 Å². The van der Waals surface area contributed by atoms with Gasteiger partial charge >= 0.3 is 0 Å². The lowest BCUT2D eigenvalue weighted by Crippen LogP contribution is -2.24. The van der Waals surface area contributed by atoms with Crippen molar-refractivity contribution in [3.05, 3.63) is 90.3 Å². The van der Waals surface area contributed by atoms with Crippen molar-refractivity contribution in [3.63, 3.8) is 0 Å². The van der Waals surface area contributed by atoms with Gasteiger partial charge in [0.25, 0.3) is 0 Å². The van der Waals surface area contributed by atoms with Crippen molar-refractivity contribution in [1.29, 1.82) is 0 Å². The van der Waals surface area contributed by atoms with E-state index in [0.717, 1.165) is 5.69 Å². The van der Waals surface area contributed by atoms with Gasteiger partial charge in [0.15, 0.2) is 34.4 Å². The van der Waals surface area contributed by atoms with E-state index < -0.39 is 6.10 Å². The summed E-state index contributed by atoms with van der Waals surface area (Å²) >= 11 is 1.34. The monoisotopic (exact) mass is 459 g/mol. The molecule has 1 atom stereocenters. The molecule has 1 unspecified atom stereocenters. The molecular weight excluding hydrogens is 438 g/mol. The summed E-state index contributed by atoms with van der Waals surface area (Å²) in [5, 5.41) is 9.42. The van der Waals surface area contributed by atoms with E-state index >= 15 is 0 Å². The number of nitrogens with zero attached hydrogens (tertiary/aromatic N) is 3.